The minimum atomic E-state index is -4.43. The second-order valence-electron chi connectivity index (χ2n) is 7.42. The molecule has 0 bridgehead atoms. The van der Waals surface area contributed by atoms with Crippen LogP contribution in [-0.2, 0) is 17.4 Å². The summed E-state index contributed by atoms with van der Waals surface area (Å²) in [7, 11) is 0. The lowest BCUT2D eigenvalue weighted by molar-refractivity contribution is -0.137. The molecule has 4 rings (SSSR count). The van der Waals surface area contributed by atoms with Gasteiger partial charge >= 0.3 is 6.18 Å². The normalized spacial score (nSPS) is 14.0. The fraction of sp³-hybridized carbons (Fsp3) is 0.261. The maximum absolute atomic E-state index is 12.8. The standard InChI is InChI=1S/C23H20F3N3O2/c24-23(25,26)17-5-2-6-19(14-17)31-18-9-7-15(8-10-18)13-21(30)28-20-11-12-27-22(29-20)16-3-1-4-16/h2,5-12,14,16H,1,3-4,13H2,(H,27,28,29,30). The third-order valence-corrected chi connectivity index (χ3v) is 5.10. The van der Waals surface area contributed by atoms with Crippen LogP contribution in [0.1, 0.15) is 42.1 Å². The van der Waals surface area contributed by atoms with Crippen molar-refractivity contribution in [2.45, 2.75) is 37.8 Å². The number of rotatable bonds is 6. The van der Waals surface area contributed by atoms with Gasteiger partial charge in [0.2, 0.25) is 5.91 Å². The van der Waals surface area contributed by atoms with Gasteiger partial charge in [-0.25, -0.2) is 9.97 Å². The van der Waals surface area contributed by atoms with Gasteiger partial charge in [0.15, 0.2) is 0 Å². The average molecular weight is 427 g/mol. The third-order valence-electron chi connectivity index (χ3n) is 5.10. The number of alkyl halides is 3. The van der Waals surface area contributed by atoms with Crippen LogP contribution in [0, 0.1) is 0 Å². The second kappa shape index (κ2) is 8.75. The molecule has 5 nitrogen and oxygen atoms in total. The molecule has 1 N–H and O–H groups in total. The molecule has 8 heteroatoms. The van der Waals surface area contributed by atoms with Crippen molar-refractivity contribution in [1.82, 2.24) is 9.97 Å². The topological polar surface area (TPSA) is 64.1 Å². The van der Waals surface area contributed by atoms with Crippen molar-refractivity contribution in [3.8, 4) is 11.5 Å². The Hall–Kier alpha value is -3.42. The number of benzene rings is 2. The average Bonchev–Trinajstić information content (AvgIpc) is 2.68. The zero-order valence-corrected chi connectivity index (χ0v) is 16.5. The highest BCUT2D eigenvalue weighted by atomic mass is 19.4. The number of anilines is 1. The molecule has 0 radical (unpaired) electrons. The van der Waals surface area contributed by atoms with Gasteiger partial charge in [0.1, 0.15) is 23.1 Å². The smallest absolute Gasteiger partial charge is 0.416 e. The first kappa shape index (κ1) is 20.8. The number of nitrogens with one attached hydrogen (secondary N) is 1. The van der Waals surface area contributed by atoms with Crippen molar-refractivity contribution in [3.63, 3.8) is 0 Å². The maximum atomic E-state index is 12.8. The van der Waals surface area contributed by atoms with Gasteiger partial charge in [-0.15, -0.1) is 0 Å². The van der Waals surface area contributed by atoms with E-state index < -0.39 is 11.7 Å². The maximum Gasteiger partial charge on any atom is 0.416 e. The van der Waals surface area contributed by atoms with Gasteiger partial charge in [0, 0.05) is 12.1 Å². The van der Waals surface area contributed by atoms with Crippen molar-refractivity contribution < 1.29 is 22.7 Å². The van der Waals surface area contributed by atoms with Gasteiger partial charge in [0.25, 0.3) is 0 Å². The lowest BCUT2D eigenvalue weighted by atomic mass is 9.85. The Bertz CT molecular complexity index is 1060. The van der Waals surface area contributed by atoms with E-state index in [1.165, 1.54) is 18.6 Å². The summed E-state index contributed by atoms with van der Waals surface area (Å²) in [6.07, 6.45) is 0.679. The fourth-order valence-corrected chi connectivity index (χ4v) is 3.23. The van der Waals surface area contributed by atoms with Gasteiger partial charge in [-0.1, -0.05) is 24.6 Å². The number of hydrogen-bond donors (Lipinski definition) is 1. The molecule has 1 saturated carbocycles. The zero-order chi connectivity index (χ0) is 21.8. The predicted octanol–water partition coefficient (Wildman–Crippen LogP) is 5.74. The molecular weight excluding hydrogens is 407 g/mol. The Morgan fingerprint density at radius 3 is 2.52 bits per heavy atom. The highest BCUT2D eigenvalue weighted by Gasteiger charge is 2.30. The number of carbonyl (C=O) groups is 1. The monoisotopic (exact) mass is 427 g/mol. The Kier molecular flexibility index (Phi) is 5.88. The van der Waals surface area contributed by atoms with E-state index in [1.54, 1.807) is 36.5 Å². The van der Waals surface area contributed by atoms with Gasteiger partial charge in [-0.2, -0.15) is 13.2 Å². The van der Waals surface area contributed by atoms with Crippen molar-refractivity contribution in [2.75, 3.05) is 5.32 Å². The van der Waals surface area contributed by atoms with Gasteiger partial charge in [0.05, 0.1) is 12.0 Å². The molecule has 2 aromatic carbocycles. The van der Waals surface area contributed by atoms with E-state index in [0.717, 1.165) is 36.4 Å². The summed E-state index contributed by atoms with van der Waals surface area (Å²) >= 11 is 0. The van der Waals surface area contributed by atoms with E-state index in [9.17, 15) is 18.0 Å². The summed E-state index contributed by atoms with van der Waals surface area (Å²) < 4.78 is 44.0. The van der Waals surface area contributed by atoms with Crippen molar-refractivity contribution in [1.29, 1.82) is 0 Å². The van der Waals surface area contributed by atoms with Crippen LogP contribution in [0.5, 0.6) is 11.5 Å². The molecule has 0 atom stereocenters. The number of carbonyl (C=O) groups excluding carboxylic acids is 1. The first-order valence-electron chi connectivity index (χ1n) is 9.94. The molecule has 1 heterocycles. The summed E-state index contributed by atoms with van der Waals surface area (Å²) in [6.45, 7) is 0. The summed E-state index contributed by atoms with van der Waals surface area (Å²) in [5.74, 6) is 1.87. The Balaban J connectivity index is 1.35. The van der Waals surface area contributed by atoms with Crippen LogP contribution >= 0.6 is 0 Å². The van der Waals surface area contributed by atoms with Crippen molar-refractivity contribution in [2.24, 2.45) is 0 Å². The van der Waals surface area contributed by atoms with E-state index in [1.807, 2.05) is 0 Å². The minimum Gasteiger partial charge on any atom is -0.457 e. The van der Waals surface area contributed by atoms with Crippen LogP contribution in [0.3, 0.4) is 0 Å². The molecule has 0 spiro atoms. The molecular formula is C23H20F3N3O2. The first-order valence-corrected chi connectivity index (χ1v) is 9.94. The highest BCUT2D eigenvalue weighted by molar-refractivity contribution is 5.91. The van der Waals surface area contributed by atoms with Gasteiger partial charge in [-0.3, -0.25) is 4.79 Å². The Morgan fingerprint density at radius 2 is 1.84 bits per heavy atom. The lowest BCUT2D eigenvalue weighted by Crippen LogP contribution is -2.18. The number of ether oxygens (including phenoxy) is 1. The van der Waals surface area contributed by atoms with Gasteiger partial charge < -0.3 is 10.1 Å². The summed E-state index contributed by atoms with van der Waals surface area (Å²) in [5, 5.41) is 2.78. The number of halogens is 3. The number of aromatic nitrogens is 2. The Labute approximate surface area is 177 Å². The van der Waals surface area contributed by atoms with Gasteiger partial charge in [-0.05, 0) is 54.8 Å². The van der Waals surface area contributed by atoms with Crippen LogP contribution < -0.4 is 10.1 Å². The van der Waals surface area contributed by atoms with Crippen LogP contribution in [0.15, 0.2) is 60.8 Å². The summed E-state index contributed by atoms with van der Waals surface area (Å²) in [5.41, 5.74) is -0.0364. The molecule has 1 aliphatic rings. The Morgan fingerprint density at radius 1 is 1.06 bits per heavy atom. The van der Waals surface area contributed by atoms with E-state index >= 15 is 0 Å². The van der Waals surface area contributed by atoms with E-state index in [4.69, 9.17) is 4.74 Å². The molecule has 0 aliphatic heterocycles. The SMILES string of the molecule is O=C(Cc1ccc(Oc2cccc(C(F)(F)F)c2)cc1)Nc1ccnc(C2CCC2)n1. The van der Waals surface area contributed by atoms with Crippen molar-refractivity contribution >= 4 is 11.7 Å². The predicted molar refractivity (Wildman–Crippen MR) is 109 cm³/mol. The molecule has 0 saturated heterocycles. The minimum absolute atomic E-state index is 0.0892. The molecule has 0 unspecified atom stereocenters. The largest absolute Gasteiger partial charge is 0.457 e. The van der Waals surface area contributed by atoms with Crippen LogP contribution in [0.2, 0.25) is 0 Å². The molecule has 3 aromatic rings. The lowest BCUT2D eigenvalue weighted by Gasteiger charge is -2.23. The number of amides is 1. The quantitative estimate of drug-likeness (QED) is 0.545. The summed E-state index contributed by atoms with van der Waals surface area (Å²) in [4.78, 5) is 21.0. The fourth-order valence-electron chi connectivity index (χ4n) is 3.23. The molecule has 160 valence electrons. The van der Waals surface area contributed by atoms with Crippen LogP contribution in [0.4, 0.5) is 19.0 Å². The molecule has 1 amide bonds. The zero-order valence-electron chi connectivity index (χ0n) is 16.5. The number of hydrogen-bond acceptors (Lipinski definition) is 4. The van der Waals surface area contributed by atoms with E-state index in [0.29, 0.717) is 17.5 Å². The second-order valence-corrected chi connectivity index (χ2v) is 7.42. The van der Waals surface area contributed by atoms with Crippen LogP contribution in [-0.4, -0.2) is 15.9 Å². The molecule has 1 aromatic heterocycles. The molecule has 31 heavy (non-hydrogen) atoms. The van der Waals surface area contributed by atoms with E-state index in [-0.39, 0.29) is 18.1 Å². The highest BCUT2D eigenvalue weighted by Crippen LogP contribution is 2.34. The number of nitrogens with zero attached hydrogens (tertiary/aromatic N) is 2. The van der Waals surface area contributed by atoms with E-state index in [2.05, 4.69) is 15.3 Å². The first-order chi connectivity index (χ1) is 14.9. The third kappa shape index (κ3) is 5.39. The summed E-state index contributed by atoms with van der Waals surface area (Å²) in [6, 6.07) is 13.0. The van der Waals surface area contributed by atoms with Crippen molar-refractivity contribution in [3.05, 3.63) is 77.7 Å². The van der Waals surface area contributed by atoms with Crippen LogP contribution in [0.25, 0.3) is 0 Å². The molecule has 1 fully saturated rings. The molecule has 1 aliphatic carbocycles.